The molecule has 0 spiro atoms. The molecule has 0 radical (unpaired) electrons. The van der Waals surface area contributed by atoms with Crippen LogP contribution in [0, 0.1) is 6.92 Å². The van der Waals surface area contributed by atoms with Gasteiger partial charge in [-0.3, -0.25) is 14.5 Å². The van der Waals surface area contributed by atoms with E-state index in [0.717, 1.165) is 19.4 Å². The standard InChI is InChI=1S/C27H27ClN2O2/c1-19-9-6-7-12-21(19)18-30-16-8-15-27(30,2)26(32)29-24-14-13-22(28)17-23(24)25(31)20-10-4-3-5-11-20/h3-7,9-14,17H,8,15-16,18H2,1-2H3,(H,29,32)/t27-/m1/s1. The maximum absolute atomic E-state index is 13.5. The molecule has 1 aliphatic rings. The molecule has 0 aliphatic carbocycles. The fraction of sp³-hybridized carbons (Fsp3) is 0.259. The number of aryl methyl sites for hydroxylation is 1. The normalized spacial score (nSPS) is 18.5. The molecular formula is C27H27ClN2O2. The summed E-state index contributed by atoms with van der Waals surface area (Å²) in [7, 11) is 0. The first-order valence-corrected chi connectivity index (χ1v) is 11.3. The second-order valence-corrected chi connectivity index (χ2v) is 9.00. The van der Waals surface area contributed by atoms with Crippen LogP contribution in [0.15, 0.2) is 72.8 Å². The van der Waals surface area contributed by atoms with E-state index >= 15 is 0 Å². The Morgan fingerprint density at radius 1 is 1.03 bits per heavy atom. The van der Waals surface area contributed by atoms with Crippen molar-refractivity contribution in [2.24, 2.45) is 0 Å². The average molecular weight is 447 g/mol. The van der Waals surface area contributed by atoms with Crippen LogP contribution >= 0.6 is 11.6 Å². The van der Waals surface area contributed by atoms with Crippen molar-refractivity contribution in [2.45, 2.75) is 38.8 Å². The number of hydrogen-bond donors (Lipinski definition) is 1. The van der Waals surface area contributed by atoms with Crippen LogP contribution in [0.2, 0.25) is 5.02 Å². The lowest BCUT2D eigenvalue weighted by Gasteiger charge is -2.34. The number of likely N-dealkylation sites (tertiary alicyclic amines) is 1. The predicted molar refractivity (Wildman–Crippen MR) is 129 cm³/mol. The van der Waals surface area contributed by atoms with Crippen molar-refractivity contribution in [1.82, 2.24) is 4.90 Å². The van der Waals surface area contributed by atoms with Crippen molar-refractivity contribution in [3.63, 3.8) is 0 Å². The minimum Gasteiger partial charge on any atom is -0.324 e. The second-order valence-electron chi connectivity index (χ2n) is 8.56. The van der Waals surface area contributed by atoms with E-state index in [4.69, 9.17) is 11.6 Å². The Balaban J connectivity index is 1.59. The van der Waals surface area contributed by atoms with E-state index in [-0.39, 0.29) is 11.7 Å². The van der Waals surface area contributed by atoms with Crippen LogP contribution in [-0.4, -0.2) is 28.7 Å². The lowest BCUT2D eigenvalue weighted by molar-refractivity contribution is -0.125. The third-order valence-electron chi connectivity index (χ3n) is 6.41. The molecule has 3 aromatic carbocycles. The number of ketones is 1. The van der Waals surface area contributed by atoms with Gasteiger partial charge in [0.15, 0.2) is 5.78 Å². The highest BCUT2D eigenvalue weighted by Gasteiger charge is 2.43. The van der Waals surface area contributed by atoms with E-state index in [1.807, 2.05) is 37.3 Å². The molecule has 0 aromatic heterocycles. The Hall–Kier alpha value is -2.95. The highest BCUT2D eigenvalue weighted by molar-refractivity contribution is 6.31. The lowest BCUT2D eigenvalue weighted by atomic mass is 9.95. The average Bonchev–Trinajstić information content (AvgIpc) is 3.18. The van der Waals surface area contributed by atoms with Gasteiger partial charge in [-0.15, -0.1) is 0 Å². The van der Waals surface area contributed by atoms with Crippen LogP contribution in [-0.2, 0) is 11.3 Å². The number of anilines is 1. The largest absolute Gasteiger partial charge is 0.324 e. The fourth-order valence-corrected chi connectivity index (χ4v) is 4.51. The number of rotatable bonds is 6. The Bertz CT molecular complexity index is 1150. The number of halogens is 1. The van der Waals surface area contributed by atoms with E-state index in [0.29, 0.717) is 28.4 Å². The van der Waals surface area contributed by atoms with E-state index < -0.39 is 5.54 Å². The van der Waals surface area contributed by atoms with Gasteiger partial charge in [0.2, 0.25) is 5.91 Å². The number of carbonyl (C=O) groups excluding carboxylic acids is 2. The quantitative estimate of drug-likeness (QED) is 0.481. The summed E-state index contributed by atoms with van der Waals surface area (Å²) < 4.78 is 0. The van der Waals surface area contributed by atoms with Crippen molar-refractivity contribution in [3.05, 3.63) is 100 Å². The molecule has 4 rings (SSSR count). The molecule has 32 heavy (non-hydrogen) atoms. The van der Waals surface area contributed by atoms with Gasteiger partial charge in [0.1, 0.15) is 0 Å². The number of hydrogen-bond acceptors (Lipinski definition) is 3. The van der Waals surface area contributed by atoms with Gasteiger partial charge in [0.05, 0.1) is 11.2 Å². The van der Waals surface area contributed by atoms with Gasteiger partial charge in [0.25, 0.3) is 0 Å². The predicted octanol–water partition coefficient (Wildman–Crippen LogP) is 5.87. The molecular weight excluding hydrogens is 420 g/mol. The minimum atomic E-state index is -0.658. The number of nitrogens with one attached hydrogen (secondary N) is 1. The van der Waals surface area contributed by atoms with E-state index in [9.17, 15) is 9.59 Å². The summed E-state index contributed by atoms with van der Waals surface area (Å²) in [5, 5.41) is 3.50. The molecule has 5 heteroatoms. The van der Waals surface area contributed by atoms with Crippen LogP contribution in [0.4, 0.5) is 5.69 Å². The van der Waals surface area contributed by atoms with Gasteiger partial charge in [-0.25, -0.2) is 0 Å². The van der Waals surface area contributed by atoms with Gasteiger partial charge < -0.3 is 5.32 Å². The number of benzene rings is 3. The third kappa shape index (κ3) is 4.47. The molecule has 0 unspecified atom stereocenters. The maximum Gasteiger partial charge on any atom is 0.244 e. The van der Waals surface area contributed by atoms with Crippen molar-refractivity contribution in [2.75, 3.05) is 11.9 Å². The zero-order chi connectivity index (χ0) is 22.7. The zero-order valence-electron chi connectivity index (χ0n) is 18.4. The third-order valence-corrected chi connectivity index (χ3v) is 6.65. The number of amides is 1. The molecule has 1 atom stereocenters. The van der Waals surface area contributed by atoms with Crippen LogP contribution in [0.25, 0.3) is 0 Å². The monoisotopic (exact) mass is 446 g/mol. The van der Waals surface area contributed by atoms with Crippen LogP contribution in [0.5, 0.6) is 0 Å². The smallest absolute Gasteiger partial charge is 0.244 e. The number of nitrogens with zero attached hydrogens (tertiary/aromatic N) is 1. The Morgan fingerprint density at radius 2 is 1.75 bits per heavy atom. The first kappa shape index (κ1) is 22.3. The van der Waals surface area contributed by atoms with Gasteiger partial charge >= 0.3 is 0 Å². The van der Waals surface area contributed by atoms with Gasteiger partial charge in [-0.1, -0.05) is 66.2 Å². The SMILES string of the molecule is Cc1ccccc1CN1CCC[C@]1(C)C(=O)Nc1ccc(Cl)cc1C(=O)c1ccccc1. The number of carbonyl (C=O) groups is 2. The van der Waals surface area contributed by atoms with E-state index in [2.05, 4.69) is 29.3 Å². The molecule has 0 bridgehead atoms. The summed E-state index contributed by atoms with van der Waals surface area (Å²) in [5.74, 6) is -0.273. The summed E-state index contributed by atoms with van der Waals surface area (Å²) in [6.45, 7) is 5.65. The topological polar surface area (TPSA) is 49.4 Å². The molecule has 1 fully saturated rings. The zero-order valence-corrected chi connectivity index (χ0v) is 19.2. The Kier molecular flexibility index (Phi) is 6.45. The van der Waals surface area contributed by atoms with E-state index in [1.54, 1.807) is 30.3 Å². The molecule has 0 saturated carbocycles. The van der Waals surface area contributed by atoms with Crippen molar-refractivity contribution in [1.29, 1.82) is 0 Å². The summed E-state index contributed by atoms with van der Waals surface area (Å²) in [6, 6.07) is 22.3. The Morgan fingerprint density at radius 3 is 2.50 bits per heavy atom. The highest BCUT2D eigenvalue weighted by Crippen LogP contribution is 2.33. The highest BCUT2D eigenvalue weighted by atomic mass is 35.5. The summed E-state index contributed by atoms with van der Waals surface area (Å²) >= 11 is 6.19. The second kappa shape index (κ2) is 9.27. The fourth-order valence-electron chi connectivity index (χ4n) is 4.34. The summed E-state index contributed by atoms with van der Waals surface area (Å²) in [6.07, 6.45) is 1.71. The molecule has 1 amide bonds. The molecule has 1 heterocycles. The Labute approximate surface area is 194 Å². The molecule has 1 saturated heterocycles. The summed E-state index contributed by atoms with van der Waals surface area (Å²) in [5.41, 5.74) is 3.21. The van der Waals surface area contributed by atoms with Crippen molar-refractivity contribution in [3.8, 4) is 0 Å². The van der Waals surface area contributed by atoms with E-state index in [1.165, 1.54) is 11.1 Å². The molecule has 1 aliphatic heterocycles. The van der Waals surface area contributed by atoms with Crippen LogP contribution < -0.4 is 5.32 Å². The summed E-state index contributed by atoms with van der Waals surface area (Å²) in [4.78, 5) is 28.9. The minimum absolute atomic E-state index is 0.104. The van der Waals surface area contributed by atoms with Gasteiger partial charge in [0, 0.05) is 22.7 Å². The van der Waals surface area contributed by atoms with Gasteiger partial charge in [-0.2, -0.15) is 0 Å². The van der Waals surface area contributed by atoms with Crippen molar-refractivity contribution < 1.29 is 9.59 Å². The molecule has 164 valence electrons. The van der Waals surface area contributed by atoms with Crippen LogP contribution in [0.3, 0.4) is 0 Å². The first-order chi connectivity index (χ1) is 15.4. The van der Waals surface area contributed by atoms with Crippen molar-refractivity contribution >= 4 is 29.0 Å². The maximum atomic E-state index is 13.5. The van der Waals surface area contributed by atoms with Gasteiger partial charge in [-0.05, 0) is 62.6 Å². The lowest BCUT2D eigenvalue weighted by Crippen LogP contribution is -2.50. The molecule has 3 aromatic rings. The first-order valence-electron chi connectivity index (χ1n) is 10.9. The molecule has 4 nitrogen and oxygen atoms in total. The van der Waals surface area contributed by atoms with Crippen LogP contribution in [0.1, 0.15) is 46.8 Å². The molecule has 1 N–H and O–H groups in total.